The van der Waals surface area contributed by atoms with Crippen LogP contribution >= 0.6 is 0 Å². The molecule has 4 heteroatoms. The number of aromatic hydroxyl groups is 1. The molecule has 2 aromatic rings. The van der Waals surface area contributed by atoms with Gasteiger partial charge in [0.1, 0.15) is 0 Å². The van der Waals surface area contributed by atoms with Crippen LogP contribution in [0.5, 0.6) is 5.88 Å². The van der Waals surface area contributed by atoms with Crippen molar-refractivity contribution in [3.8, 4) is 11.7 Å². The molecule has 1 saturated carbocycles. The van der Waals surface area contributed by atoms with Gasteiger partial charge in [0, 0.05) is 12.3 Å². The maximum atomic E-state index is 10.0. The second-order valence-electron chi connectivity index (χ2n) is 5.08. The SMILES string of the molecule is Cc1nc(C)c(-n2cc(C3CC3)cc2O)nc1C. The van der Waals surface area contributed by atoms with Gasteiger partial charge in [-0.1, -0.05) is 0 Å². The molecule has 0 radical (unpaired) electrons. The fraction of sp³-hybridized carbons (Fsp3) is 0.429. The van der Waals surface area contributed by atoms with Crippen LogP contribution in [0, 0.1) is 20.8 Å². The minimum Gasteiger partial charge on any atom is -0.494 e. The maximum Gasteiger partial charge on any atom is 0.197 e. The number of aryl methyl sites for hydroxylation is 3. The molecule has 4 nitrogen and oxygen atoms in total. The van der Waals surface area contributed by atoms with Gasteiger partial charge < -0.3 is 5.11 Å². The average molecular weight is 243 g/mol. The van der Waals surface area contributed by atoms with Crippen LogP contribution in [0.15, 0.2) is 12.3 Å². The molecule has 0 unspecified atom stereocenters. The van der Waals surface area contributed by atoms with E-state index in [0.29, 0.717) is 5.92 Å². The van der Waals surface area contributed by atoms with Crippen LogP contribution in [0.2, 0.25) is 0 Å². The summed E-state index contributed by atoms with van der Waals surface area (Å²) < 4.78 is 1.74. The Balaban J connectivity index is 2.11. The van der Waals surface area contributed by atoms with E-state index in [4.69, 9.17) is 0 Å². The Morgan fingerprint density at radius 2 is 1.78 bits per heavy atom. The summed E-state index contributed by atoms with van der Waals surface area (Å²) in [6, 6.07) is 1.84. The van der Waals surface area contributed by atoms with Gasteiger partial charge in [0.05, 0.1) is 17.1 Å². The first-order valence-corrected chi connectivity index (χ1v) is 6.29. The number of nitrogens with zero attached hydrogens (tertiary/aromatic N) is 3. The van der Waals surface area contributed by atoms with E-state index in [-0.39, 0.29) is 5.88 Å². The van der Waals surface area contributed by atoms with E-state index >= 15 is 0 Å². The van der Waals surface area contributed by atoms with Gasteiger partial charge in [-0.05, 0) is 45.1 Å². The Morgan fingerprint density at radius 1 is 1.11 bits per heavy atom. The first kappa shape index (κ1) is 11.3. The van der Waals surface area contributed by atoms with E-state index in [2.05, 4.69) is 9.97 Å². The third kappa shape index (κ3) is 1.78. The summed E-state index contributed by atoms with van der Waals surface area (Å²) in [7, 11) is 0. The van der Waals surface area contributed by atoms with Crippen molar-refractivity contribution in [3.63, 3.8) is 0 Å². The second-order valence-corrected chi connectivity index (χ2v) is 5.08. The smallest absolute Gasteiger partial charge is 0.197 e. The van der Waals surface area contributed by atoms with Crippen molar-refractivity contribution in [2.75, 3.05) is 0 Å². The van der Waals surface area contributed by atoms with E-state index in [1.807, 2.05) is 33.0 Å². The zero-order chi connectivity index (χ0) is 12.9. The van der Waals surface area contributed by atoms with E-state index in [1.54, 1.807) is 4.57 Å². The zero-order valence-electron chi connectivity index (χ0n) is 10.9. The largest absolute Gasteiger partial charge is 0.494 e. The van der Waals surface area contributed by atoms with Crippen LogP contribution in [0.3, 0.4) is 0 Å². The van der Waals surface area contributed by atoms with Gasteiger partial charge in [-0.2, -0.15) is 0 Å². The molecule has 0 atom stereocenters. The van der Waals surface area contributed by atoms with Gasteiger partial charge in [-0.15, -0.1) is 0 Å². The topological polar surface area (TPSA) is 50.9 Å². The van der Waals surface area contributed by atoms with Gasteiger partial charge in [0.25, 0.3) is 0 Å². The molecule has 1 fully saturated rings. The first-order chi connectivity index (χ1) is 8.56. The van der Waals surface area contributed by atoms with Crippen LogP contribution in [0.1, 0.15) is 41.4 Å². The van der Waals surface area contributed by atoms with Crippen LogP contribution in [-0.2, 0) is 0 Å². The molecule has 3 rings (SSSR count). The highest BCUT2D eigenvalue weighted by atomic mass is 16.3. The fourth-order valence-corrected chi connectivity index (χ4v) is 2.21. The molecule has 2 aromatic heterocycles. The standard InChI is InChI=1S/C14H17N3O/c1-8-9(2)16-14(10(3)15-8)17-7-12(6-13(17)18)11-4-5-11/h6-7,11,18H,4-5H2,1-3H3. The lowest BCUT2D eigenvalue weighted by atomic mass is 10.2. The summed E-state index contributed by atoms with van der Waals surface area (Å²) in [5, 5.41) is 10.0. The van der Waals surface area contributed by atoms with Crippen molar-refractivity contribution >= 4 is 0 Å². The summed E-state index contributed by atoms with van der Waals surface area (Å²) in [5.74, 6) is 1.59. The highest BCUT2D eigenvalue weighted by Crippen LogP contribution is 2.42. The lowest BCUT2D eigenvalue weighted by molar-refractivity contribution is 0.441. The van der Waals surface area contributed by atoms with Crippen molar-refractivity contribution in [1.82, 2.24) is 14.5 Å². The minimum atomic E-state index is 0.248. The highest BCUT2D eigenvalue weighted by Gasteiger charge is 2.26. The monoisotopic (exact) mass is 243 g/mol. The molecule has 0 aliphatic heterocycles. The minimum absolute atomic E-state index is 0.248. The van der Waals surface area contributed by atoms with Crippen molar-refractivity contribution < 1.29 is 5.11 Å². The van der Waals surface area contributed by atoms with Crippen molar-refractivity contribution in [1.29, 1.82) is 0 Å². The Hall–Kier alpha value is -1.84. The van der Waals surface area contributed by atoms with Crippen LogP contribution in [0.25, 0.3) is 5.82 Å². The molecule has 1 N–H and O–H groups in total. The molecular weight excluding hydrogens is 226 g/mol. The molecular formula is C14H17N3O. The number of aromatic nitrogens is 3. The third-order valence-corrected chi connectivity index (χ3v) is 3.55. The molecule has 0 amide bonds. The second kappa shape index (κ2) is 3.83. The van der Waals surface area contributed by atoms with Gasteiger partial charge in [0.15, 0.2) is 11.7 Å². The van der Waals surface area contributed by atoms with Crippen LogP contribution in [-0.4, -0.2) is 19.6 Å². The summed E-state index contributed by atoms with van der Waals surface area (Å²) in [6.07, 6.45) is 4.43. The number of hydrogen-bond donors (Lipinski definition) is 1. The van der Waals surface area contributed by atoms with Gasteiger partial charge in [-0.25, -0.2) is 4.98 Å². The maximum absolute atomic E-state index is 10.0. The predicted molar refractivity (Wildman–Crippen MR) is 69.2 cm³/mol. The summed E-state index contributed by atoms with van der Waals surface area (Å²) in [5.41, 5.74) is 3.88. The summed E-state index contributed by atoms with van der Waals surface area (Å²) >= 11 is 0. The Morgan fingerprint density at radius 3 is 2.44 bits per heavy atom. The Kier molecular flexibility index (Phi) is 2.40. The number of hydrogen-bond acceptors (Lipinski definition) is 3. The van der Waals surface area contributed by atoms with Gasteiger partial charge in [0.2, 0.25) is 0 Å². The third-order valence-electron chi connectivity index (χ3n) is 3.55. The zero-order valence-corrected chi connectivity index (χ0v) is 10.9. The normalized spacial score (nSPS) is 15.1. The van der Waals surface area contributed by atoms with Crippen LogP contribution < -0.4 is 0 Å². The molecule has 18 heavy (non-hydrogen) atoms. The lowest BCUT2D eigenvalue weighted by Crippen LogP contribution is -2.05. The van der Waals surface area contributed by atoms with Crippen molar-refractivity contribution in [2.24, 2.45) is 0 Å². The molecule has 94 valence electrons. The Labute approximate surface area is 106 Å². The van der Waals surface area contributed by atoms with Crippen molar-refractivity contribution in [2.45, 2.75) is 39.5 Å². The lowest BCUT2D eigenvalue weighted by Gasteiger charge is -2.09. The fourth-order valence-electron chi connectivity index (χ4n) is 2.21. The first-order valence-electron chi connectivity index (χ1n) is 6.29. The summed E-state index contributed by atoms with van der Waals surface area (Å²) in [4.78, 5) is 9.00. The molecule has 1 aliphatic carbocycles. The molecule has 0 aromatic carbocycles. The average Bonchev–Trinajstić information content (AvgIpc) is 3.08. The summed E-state index contributed by atoms with van der Waals surface area (Å²) in [6.45, 7) is 5.81. The Bertz CT molecular complexity index is 612. The van der Waals surface area contributed by atoms with E-state index in [1.165, 1.54) is 18.4 Å². The molecule has 2 heterocycles. The van der Waals surface area contributed by atoms with Gasteiger partial charge >= 0.3 is 0 Å². The van der Waals surface area contributed by atoms with E-state index < -0.39 is 0 Å². The number of rotatable bonds is 2. The van der Waals surface area contributed by atoms with E-state index in [9.17, 15) is 5.11 Å². The molecule has 0 spiro atoms. The van der Waals surface area contributed by atoms with Crippen LogP contribution in [0.4, 0.5) is 0 Å². The van der Waals surface area contributed by atoms with E-state index in [0.717, 1.165) is 22.9 Å². The van der Waals surface area contributed by atoms with Gasteiger partial charge in [-0.3, -0.25) is 9.55 Å². The molecule has 0 saturated heterocycles. The molecule has 1 aliphatic rings. The quantitative estimate of drug-likeness (QED) is 0.882. The van der Waals surface area contributed by atoms with Crippen molar-refractivity contribution in [3.05, 3.63) is 34.9 Å². The highest BCUT2D eigenvalue weighted by molar-refractivity contribution is 5.40. The molecule has 0 bridgehead atoms. The predicted octanol–water partition coefficient (Wildman–Crippen LogP) is 2.78.